The highest BCUT2D eigenvalue weighted by Crippen LogP contribution is 2.40. The van der Waals surface area contributed by atoms with E-state index >= 15 is 0 Å². The lowest BCUT2D eigenvalue weighted by Gasteiger charge is -2.25. The van der Waals surface area contributed by atoms with Crippen molar-refractivity contribution in [3.05, 3.63) is 76.2 Å². The molecule has 2 aromatic heterocycles. The summed E-state index contributed by atoms with van der Waals surface area (Å²) in [6.07, 6.45) is 1.75. The second-order valence-corrected chi connectivity index (χ2v) is 7.58. The molecule has 0 spiro atoms. The molecule has 1 aromatic carbocycles. The van der Waals surface area contributed by atoms with Gasteiger partial charge in [0.1, 0.15) is 17.6 Å². The second kappa shape index (κ2) is 8.09. The van der Waals surface area contributed by atoms with E-state index in [1.165, 1.54) is 0 Å². The van der Waals surface area contributed by atoms with Crippen molar-refractivity contribution in [3.63, 3.8) is 0 Å². The molecule has 0 amide bonds. The third kappa shape index (κ3) is 3.61. The molecule has 2 atom stereocenters. The molecule has 0 aliphatic carbocycles. The zero-order chi connectivity index (χ0) is 19.7. The largest absolute Gasteiger partial charge is 0.459 e. The maximum Gasteiger partial charge on any atom is 0.170 e. The van der Waals surface area contributed by atoms with Crippen molar-refractivity contribution in [1.29, 1.82) is 0 Å². The van der Waals surface area contributed by atoms with Gasteiger partial charge in [0.2, 0.25) is 0 Å². The number of thiocarbonyl (C=S) groups is 1. The van der Waals surface area contributed by atoms with Gasteiger partial charge in [-0.1, -0.05) is 29.3 Å². The Morgan fingerprint density at radius 2 is 2.00 bits per heavy atom. The van der Waals surface area contributed by atoms with Crippen LogP contribution in [0.25, 0.3) is 11.3 Å². The Labute approximate surface area is 177 Å². The Morgan fingerprint density at radius 1 is 1.14 bits per heavy atom. The molecular formula is C20H17Cl2N3O2S. The van der Waals surface area contributed by atoms with Gasteiger partial charge in [0.15, 0.2) is 5.11 Å². The van der Waals surface area contributed by atoms with Crippen molar-refractivity contribution in [1.82, 2.24) is 15.2 Å². The highest BCUT2D eigenvalue weighted by atomic mass is 35.5. The minimum atomic E-state index is -0.230. The van der Waals surface area contributed by atoms with E-state index in [9.17, 15) is 5.11 Å². The van der Waals surface area contributed by atoms with E-state index in [-0.39, 0.29) is 18.7 Å². The summed E-state index contributed by atoms with van der Waals surface area (Å²) in [5.74, 6) is 1.40. The standard InChI is InChI=1S/C20H17Cl2N3O2S/c21-13-5-4-12(11-14(13)22)16-6-7-17(27-16)19-18(15-3-1-2-8-23-15)24-20(28)25(19)9-10-26/h1-8,11,18-19,26H,9-10H2,(H,24,28)/t18-,19-/m0/s1. The quantitative estimate of drug-likeness (QED) is 0.572. The first-order chi connectivity index (χ1) is 13.6. The number of aliphatic hydroxyl groups is 1. The van der Waals surface area contributed by atoms with Gasteiger partial charge in [0.05, 0.1) is 28.4 Å². The number of furan rings is 1. The Hall–Kier alpha value is -2.12. The summed E-state index contributed by atoms with van der Waals surface area (Å²) in [5, 5.41) is 14.3. The molecule has 1 aliphatic heterocycles. The summed E-state index contributed by atoms with van der Waals surface area (Å²) >= 11 is 17.6. The van der Waals surface area contributed by atoms with E-state index in [0.29, 0.717) is 27.5 Å². The van der Waals surface area contributed by atoms with Gasteiger partial charge >= 0.3 is 0 Å². The van der Waals surface area contributed by atoms with Crippen molar-refractivity contribution in [2.75, 3.05) is 13.2 Å². The van der Waals surface area contributed by atoms with Crippen LogP contribution in [0.1, 0.15) is 23.5 Å². The van der Waals surface area contributed by atoms with Gasteiger partial charge in [0, 0.05) is 18.3 Å². The Kier molecular flexibility index (Phi) is 5.55. The van der Waals surface area contributed by atoms with E-state index in [4.69, 9.17) is 39.8 Å². The predicted molar refractivity (Wildman–Crippen MR) is 113 cm³/mol. The summed E-state index contributed by atoms with van der Waals surface area (Å²) in [4.78, 5) is 6.39. The van der Waals surface area contributed by atoms with Gasteiger partial charge in [-0.2, -0.15) is 0 Å². The molecule has 1 aliphatic rings. The molecule has 1 saturated heterocycles. The third-order valence-electron chi connectivity index (χ3n) is 4.66. The first kappa shape index (κ1) is 19.2. The first-order valence-electron chi connectivity index (χ1n) is 8.72. The van der Waals surface area contributed by atoms with Crippen LogP contribution in [0.4, 0.5) is 0 Å². The minimum absolute atomic E-state index is 0.0202. The summed E-state index contributed by atoms with van der Waals surface area (Å²) < 4.78 is 6.17. The van der Waals surface area contributed by atoms with E-state index in [1.54, 1.807) is 18.3 Å². The molecule has 0 bridgehead atoms. The number of rotatable bonds is 5. The van der Waals surface area contributed by atoms with Crippen LogP contribution in [0.2, 0.25) is 10.0 Å². The van der Waals surface area contributed by atoms with E-state index < -0.39 is 0 Å². The molecule has 3 aromatic rings. The lowest BCUT2D eigenvalue weighted by Crippen LogP contribution is -2.32. The van der Waals surface area contributed by atoms with Crippen LogP contribution in [-0.2, 0) is 0 Å². The van der Waals surface area contributed by atoms with Crippen LogP contribution < -0.4 is 5.32 Å². The van der Waals surface area contributed by atoms with Crippen LogP contribution in [-0.4, -0.2) is 33.3 Å². The average molecular weight is 434 g/mol. The highest BCUT2D eigenvalue weighted by molar-refractivity contribution is 7.80. The van der Waals surface area contributed by atoms with Crippen LogP contribution in [0.5, 0.6) is 0 Å². The van der Waals surface area contributed by atoms with Crippen molar-refractivity contribution in [3.8, 4) is 11.3 Å². The molecule has 4 rings (SSSR count). The van der Waals surface area contributed by atoms with Crippen molar-refractivity contribution in [2.45, 2.75) is 12.1 Å². The summed E-state index contributed by atoms with van der Waals surface area (Å²) in [6.45, 7) is 0.371. The van der Waals surface area contributed by atoms with Gasteiger partial charge in [-0.3, -0.25) is 4.98 Å². The van der Waals surface area contributed by atoms with Gasteiger partial charge in [-0.05, 0) is 54.7 Å². The molecule has 8 heteroatoms. The van der Waals surface area contributed by atoms with Crippen LogP contribution in [0, 0.1) is 0 Å². The van der Waals surface area contributed by atoms with Crippen molar-refractivity contribution >= 4 is 40.5 Å². The molecule has 2 N–H and O–H groups in total. The third-order valence-corrected chi connectivity index (χ3v) is 5.75. The molecule has 144 valence electrons. The molecule has 28 heavy (non-hydrogen) atoms. The smallest absolute Gasteiger partial charge is 0.170 e. The normalized spacial score (nSPS) is 19.1. The van der Waals surface area contributed by atoms with Gasteiger partial charge in [0.25, 0.3) is 0 Å². The Bertz CT molecular complexity index is 996. The van der Waals surface area contributed by atoms with Gasteiger partial charge in [-0.25, -0.2) is 0 Å². The van der Waals surface area contributed by atoms with E-state index in [0.717, 1.165) is 17.0 Å². The number of aromatic nitrogens is 1. The Morgan fingerprint density at radius 3 is 2.71 bits per heavy atom. The average Bonchev–Trinajstić information content (AvgIpc) is 3.30. The van der Waals surface area contributed by atoms with E-state index in [1.807, 2.05) is 41.3 Å². The number of β-amino-alcohol motifs (C(OH)–C–C–N with tert-alkyl or cyclic N) is 1. The number of hydrogen-bond acceptors (Lipinski definition) is 4. The molecule has 0 unspecified atom stereocenters. The summed E-state index contributed by atoms with van der Waals surface area (Å²) in [5.41, 5.74) is 1.68. The molecular weight excluding hydrogens is 417 g/mol. The van der Waals surface area contributed by atoms with Gasteiger partial charge in [-0.15, -0.1) is 0 Å². The van der Waals surface area contributed by atoms with Crippen LogP contribution in [0.15, 0.2) is 59.1 Å². The second-order valence-electron chi connectivity index (χ2n) is 6.37. The number of benzene rings is 1. The fraction of sp³-hybridized carbons (Fsp3) is 0.200. The molecule has 0 radical (unpaired) electrons. The Balaban J connectivity index is 1.72. The molecule has 5 nitrogen and oxygen atoms in total. The number of nitrogens with zero attached hydrogens (tertiary/aromatic N) is 2. The van der Waals surface area contributed by atoms with Crippen LogP contribution in [0.3, 0.4) is 0 Å². The molecule has 3 heterocycles. The lowest BCUT2D eigenvalue weighted by atomic mass is 10.0. The topological polar surface area (TPSA) is 61.5 Å². The number of nitrogens with one attached hydrogen (secondary N) is 1. The SMILES string of the molecule is OCCN1C(=S)N[C@@H](c2ccccn2)[C@@H]1c1ccc(-c2ccc(Cl)c(Cl)c2)o1. The van der Waals surface area contributed by atoms with Crippen molar-refractivity contribution < 1.29 is 9.52 Å². The first-order valence-corrected chi connectivity index (χ1v) is 9.89. The minimum Gasteiger partial charge on any atom is -0.459 e. The van der Waals surface area contributed by atoms with Crippen molar-refractivity contribution in [2.24, 2.45) is 0 Å². The lowest BCUT2D eigenvalue weighted by molar-refractivity contribution is 0.209. The maximum atomic E-state index is 9.50. The molecule has 1 fully saturated rings. The predicted octanol–water partition coefficient (Wildman–Crippen LogP) is 4.61. The maximum absolute atomic E-state index is 9.50. The fourth-order valence-corrected chi connectivity index (χ4v) is 4.01. The van der Waals surface area contributed by atoms with E-state index in [2.05, 4.69) is 10.3 Å². The number of aliphatic hydroxyl groups excluding tert-OH is 1. The number of hydrogen-bond donors (Lipinski definition) is 2. The molecule has 0 saturated carbocycles. The number of halogens is 2. The monoisotopic (exact) mass is 433 g/mol. The number of pyridine rings is 1. The zero-order valence-electron chi connectivity index (χ0n) is 14.7. The summed E-state index contributed by atoms with van der Waals surface area (Å²) in [7, 11) is 0. The van der Waals surface area contributed by atoms with Crippen LogP contribution >= 0.6 is 35.4 Å². The zero-order valence-corrected chi connectivity index (χ0v) is 17.0. The highest BCUT2D eigenvalue weighted by Gasteiger charge is 2.41. The van der Waals surface area contributed by atoms with Gasteiger partial charge < -0.3 is 19.7 Å². The fourth-order valence-electron chi connectivity index (χ4n) is 3.38. The summed E-state index contributed by atoms with van der Waals surface area (Å²) in [6, 6.07) is 14.5.